The summed E-state index contributed by atoms with van der Waals surface area (Å²) in [6.45, 7) is 10.1. The molecule has 7 nitrogen and oxygen atoms in total. The summed E-state index contributed by atoms with van der Waals surface area (Å²) in [6, 6.07) is 8.14. The minimum Gasteiger partial charge on any atom is -0.469 e. The number of benzene rings is 1. The Bertz CT molecular complexity index is 745. The van der Waals surface area contributed by atoms with Gasteiger partial charge in [-0.25, -0.2) is 0 Å². The third kappa shape index (κ3) is 6.94. The van der Waals surface area contributed by atoms with Gasteiger partial charge in [0.2, 0.25) is 0 Å². The second-order valence-corrected chi connectivity index (χ2v) is 8.36. The van der Waals surface area contributed by atoms with Crippen molar-refractivity contribution in [1.82, 2.24) is 15.1 Å². The Balaban J connectivity index is 0.00000341. The first-order valence-corrected chi connectivity index (χ1v) is 11.1. The van der Waals surface area contributed by atoms with Gasteiger partial charge < -0.3 is 19.7 Å². The highest BCUT2D eigenvalue weighted by Crippen LogP contribution is 2.27. The SMILES string of the molecule is CCNC(=NCC(c1cccc(Cl)c1)N1CCOCC1)N1CC(C)C(C(=O)OC)C1.I. The number of nitrogens with zero attached hydrogens (tertiary/aromatic N) is 3. The van der Waals surface area contributed by atoms with Crippen LogP contribution in [0.2, 0.25) is 5.02 Å². The summed E-state index contributed by atoms with van der Waals surface area (Å²) in [7, 11) is 1.45. The van der Waals surface area contributed by atoms with Crippen molar-refractivity contribution in [1.29, 1.82) is 0 Å². The van der Waals surface area contributed by atoms with Crippen LogP contribution in [0.15, 0.2) is 29.3 Å². The molecule has 2 aliphatic rings. The Kier molecular flexibility index (Phi) is 10.8. The first-order chi connectivity index (χ1) is 14.5. The number of ether oxygens (including phenoxy) is 2. The molecule has 2 fully saturated rings. The highest BCUT2D eigenvalue weighted by atomic mass is 127. The van der Waals surface area contributed by atoms with Gasteiger partial charge in [0, 0.05) is 37.7 Å². The first kappa shape index (κ1) is 26.2. The van der Waals surface area contributed by atoms with Gasteiger partial charge in [-0.3, -0.25) is 14.7 Å². The van der Waals surface area contributed by atoms with Crippen molar-refractivity contribution in [3.8, 4) is 0 Å². The lowest BCUT2D eigenvalue weighted by Crippen LogP contribution is -2.43. The molecule has 0 aliphatic carbocycles. The van der Waals surface area contributed by atoms with Crippen LogP contribution < -0.4 is 5.32 Å². The van der Waals surface area contributed by atoms with Gasteiger partial charge in [-0.05, 0) is 30.5 Å². The predicted molar refractivity (Wildman–Crippen MR) is 134 cm³/mol. The van der Waals surface area contributed by atoms with Crippen molar-refractivity contribution < 1.29 is 14.3 Å². The summed E-state index contributed by atoms with van der Waals surface area (Å²) in [5.41, 5.74) is 1.16. The molecule has 0 saturated carbocycles. The number of esters is 1. The van der Waals surface area contributed by atoms with Crippen LogP contribution >= 0.6 is 35.6 Å². The van der Waals surface area contributed by atoms with Gasteiger partial charge in [0.15, 0.2) is 5.96 Å². The highest BCUT2D eigenvalue weighted by molar-refractivity contribution is 14.0. The van der Waals surface area contributed by atoms with Crippen molar-refractivity contribution in [2.45, 2.75) is 19.9 Å². The van der Waals surface area contributed by atoms with E-state index in [1.807, 2.05) is 18.2 Å². The molecule has 0 radical (unpaired) electrons. The summed E-state index contributed by atoms with van der Waals surface area (Å²) >= 11 is 6.28. The molecule has 1 aromatic rings. The number of carbonyl (C=O) groups excluding carboxylic acids is 1. The molecular weight excluding hydrogens is 531 g/mol. The van der Waals surface area contributed by atoms with Crippen LogP contribution in [0.3, 0.4) is 0 Å². The molecule has 3 unspecified atom stereocenters. The van der Waals surface area contributed by atoms with Gasteiger partial charge in [0.25, 0.3) is 0 Å². The van der Waals surface area contributed by atoms with Crippen LogP contribution in [0.25, 0.3) is 0 Å². The maximum Gasteiger partial charge on any atom is 0.310 e. The maximum atomic E-state index is 12.1. The van der Waals surface area contributed by atoms with Crippen molar-refractivity contribution >= 4 is 47.5 Å². The van der Waals surface area contributed by atoms with Crippen molar-refractivity contribution in [3.05, 3.63) is 34.9 Å². The van der Waals surface area contributed by atoms with E-state index in [1.165, 1.54) is 7.11 Å². The Hall–Kier alpha value is -1.10. The fourth-order valence-electron chi connectivity index (χ4n) is 4.23. The molecule has 2 heterocycles. The number of morpholine rings is 1. The number of hydrogen-bond donors (Lipinski definition) is 1. The Morgan fingerprint density at radius 1 is 1.35 bits per heavy atom. The Labute approximate surface area is 207 Å². The molecule has 0 spiro atoms. The van der Waals surface area contributed by atoms with Gasteiger partial charge in [-0.15, -0.1) is 24.0 Å². The Morgan fingerprint density at radius 3 is 2.74 bits per heavy atom. The van der Waals surface area contributed by atoms with Crippen molar-refractivity contribution in [2.75, 3.05) is 59.6 Å². The van der Waals surface area contributed by atoms with Crippen LogP contribution in [0.1, 0.15) is 25.5 Å². The summed E-state index contributed by atoms with van der Waals surface area (Å²) < 4.78 is 10.5. The van der Waals surface area contributed by atoms with E-state index in [2.05, 4.69) is 35.0 Å². The average molecular weight is 565 g/mol. The summed E-state index contributed by atoms with van der Waals surface area (Å²) in [6.07, 6.45) is 0. The fraction of sp³-hybridized carbons (Fsp3) is 0.636. The number of methoxy groups -OCH3 is 1. The molecule has 3 rings (SSSR count). The van der Waals surface area contributed by atoms with Crippen LogP contribution in [-0.4, -0.2) is 81.3 Å². The fourth-order valence-corrected chi connectivity index (χ4v) is 4.43. The number of rotatable bonds is 6. The molecule has 2 aliphatic heterocycles. The van der Waals surface area contributed by atoms with E-state index in [4.69, 9.17) is 26.1 Å². The molecule has 9 heteroatoms. The van der Waals surface area contributed by atoms with Crippen molar-refractivity contribution in [3.63, 3.8) is 0 Å². The van der Waals surface area contributed by atoms with Crippen LogP contribution in [0.4, 0.5) is 0 Å². The number of hydrogen-bond acceptors (Lipinski definition) is 5. The molecular formula is C22H34ClIN4O3. The molecule has 174 valence electrons. The quantitative estimate of drug-likeness (QED) is 0.248. The molecule has 3 atom stereocenters. The second kappa shape index (κ2) is 12.8. The molecule has 0 bridgehead atoms. The summed E-state index contributed by atoms with van der Waals surface area (Å²) in [5, 5.41) is 4.13. The van der Waals surface area contributed by atoms with Crippen molar-refractivity contribution in [2.24, 2.45) is 16.8 Å². The van der Waals surface area contributed by atoms with E-state index in [0.717, 1.165) is 55.9 Å². The maximum absolute atomic E-state index is 12.1. The van der Waals surface area contributed by atoms with Gasteiger partial charge in [-0.1, -0.05) is 30.7 Å². The third-order valence-electron chi connectivity index (χ3n) is 5.88. The van der Waals surface area contributed by atoms with Gasteiger partial charge in [0.05, 0.1) is 38.8 Å². The van der Waals surface area contributed by atoms with Gasteiger partial charge in [0.1, 0.15) is 0 Å². The standard InChI is InChI=1S/C22H33ClN4O3.HI/c1-4-24-22(27-14-16(2)19(15-27)21(28)29-3)25-13-20(26-8-10-30-11-9-26)17-6-5-7-18(23)12-17;/h5-7,12,16,19-20H,4,8-11,13-15H2,1-3H3,(H,24,25);1H. The molecule has 0 aromatic heterocycles. The molecule has 1 N–H and O–H groups in total. The normalized spacial score (nSPS) is 23.2. The monoisotopic (exact) mass is 564 g/mol. The summed E-state index contributed by atoms with van der Waals surface area (Å²) in [4.78, 5) is 21.7. The zero-order valence-corrected chi connectivity index (χ0v) is 21.6. The number of nitrogens with one attached hydrogen (secondary N) is 1. The number of carbonyl (C=O) groups is 1. The number of halogens is 2. The molecule has 2 saturated heterocycles. The molecule has 1 aromatic carbocycles. The average Bonchev–Trinajstić information content (AvgIpc) is 3.15. The molecule has 31 heavy (non-hydrogen) atoms. The number of likely N-dealkylation sites (tertiary alicyclic amines) is 1. The minimum absolute atomic E-state index is 0. The largest absolute Gasteiger partial charge is 0.469 e. The van der Waals surface area contributed by atoms with Crippen LogP contribution in [0.5, 0.6) is 0 Å². The second-order valence-electron chi connectivity index (χ2n) is 7.93. The molecule has 0 amide bonds. The zero-order chi connectivity index (χ0) is 21.5. The smallest absolute Gasteiger partial charge is 0.310 e. The van der Waals surface area contributed by atoms with Crippen LogP contribution in [-0.2, 0) is 14.3 Å². The van der Waals surface area contributed by atoms with E-state index in [0.29, 0.717) is 13.1 Å². The van der Waals surface area contributed by atoms with Gasteiger partial charge in [-0.2, -0.15) is 0 Å². The zero-order valence-electron chi connectivity index (χ0n) is 18.6. The lowest BCUT2D eigenvalue weighted by atomic mass is 9.99. The number of aliphatic imine (C=N–C) groups is 1. The lowest BCUT2D eigenvalue weighted by molar-refractivity contribution is -0.145. The van der Waals surface area contributed by atoms with E-state index in [9.17, 15) is 4.79 Å². The minimum atomic E-state index is -0.147. The third-order valence-corrected chi connectivity index (χ3v) is 6.12. The lowest BCUT2D eigenvalue weighted by Gasteiger charge is -2.34. The van der Waals surface area contributed by atoms with Gasteiger partial charge >= 0.3 is 5.97 Å². The highest BCUT2D eigenvalue weighted by Gasteiger charge is 2.37. The van der Waals surface area contributed by atoms with E-state index < -0.39 is 0 Å². The topological polar surface area (TPSA) is 66.4 Å². The first-order valence-electron chi connectivity index (χ1n) is 10.7. The van der Waals surface area contributed by atoms with E-state index >= 15 is 0 Å². The van der Waals surface area contributed by atoms with E-state index in [-0.39, 0.29) is 47.8 Å². The number of guanidine groups is 1. The summed E-state index contributed by atoms with van der Waals surface area (Å²) in [5.74, 6) is 0.799. The van der Waals surface area contributed by atoms with E-state index in [1.54, 1.807) is 0 Å². The Morgan fingerprint density at radius 2 is 2.10 bits per heavy atom. The van der Waals surface area contributed by atoms with Crippen LogP contribution in [0, 0.1) is 11.8 Å². The predicted octanol–water partition coefficient (Wildman–Crippen LogP) is 3.04.